The molecule has 1 N–H and O–H groups in total. The number of carbonyl (C=O) groups excluding carboxylic acids is 2. The number of benzene rings is 1. The van der Waals surface area contributed by atoms with Gasteiger partial charge < -0.3 is 24.1 Å². The van der Waals surface area contributed by atoms with Gasteiger partial charge in [0.15, 0.2) is 18.1 Å². The number of ether oxygens (including phenoxy) is 3. The molecule has 0 fully saturated rings. The molecule has 0 aliphatic heterocycles. The first-order valence-corrected chi connectivity index (χ1v) is 8.81. The van der Waals surface area contributed by atoms with Crippen LogP contribution in [0.5, 0.6) is 11.5 Å². The number of nitrogens with one attached hydrogen (secondary N) is 1. The maximum Gasteiger partial charge on any atom is 0.344 e. The number of rotatable bonds is 9. The van der Waals surface area contributed by atoms with Gasteiger partial charge in [0.25, 0.3) is 5.91 Å². The summed E-state index contributed by atoms with van der Waals surface area (Å²) in [6.07, 6.45) is 0.528. The Balaban J connectivity index is 1.98. The van der Waals surface area contributed by atoms with Crippen molar-refractivity contribution >= 4 is 17.6 Å². The number of esters is 1. The van der Waals surface area contributed by atoms with E-state index in [-0.39, 0.29) is 5.56 Å². The van der Waals surface area contributed by atoms with E-state index >= 15 is 0 Å². The van der Waals surface area contributed by atoms with E-state index in [4.69, 9.17) is 18.7 Å². The second-order valence-corrected chi connectivity index (χ2v) is 5.57. The monoisotopic (exact) mass is 376 g/mol. The molecule has 0 radical (unpaired) electrons. The third kappa shape index (κ3) is 5.22. The Kier molecular flexibility index (Phi) is 7.22. The van der Waals surface area contributed by atoms with Crippen LogP contribution in [0.3, 0.4) is 0 Å². The molecule has 0 saturated heterocycles. The second-order valence-electron chi connectivity index (χ2n) is 5.57. The van der Waals surface area contributed by atoms with E-state index in [0.29, 0.717) is 48.3 Å². The molecule has 2 rings (SSSR count). The summed E-state index contributed by atoms with van der Waals surface area (Å²) in [6.45, 7) is 7.75. The summed E-state index contributed by atoms with van der Waals surface area (Å²) in [7, 11) is 0. The van der Waals surface area contributed by atoms with E-state index in [1.165, 1.54) is 0 Å². The maximum absolute atomic E-state index is 12.2. The number of nitrogens with zero attached hydrogens (tertiary/aromatic N) is 1. The smallest absolute Gasteiger partial charge is 0.344 e. The molecule has 8 heteroatoms. The van der Waals surface area contributed by atoms with E-state index in [1.54, 1.807) is 25.1 Å². The fourth-order valence-electron chi connectivity index (χ4n) is 2.45. The Bertz CT molecular complexity index is 799. The fraction of sp³-hybridized carbons (Fsp3) is 0.421. The van der Waals surface area contributed by atoms with Crippen LogP contribution in [0.15, 0.2) is 22.7 Å². The first-order chi connectivity index (χ1) is 13.0. The van der Waals surface area contributed by atoms with Gasteiger partial charge in [-0.15, -0.1) is 0 Å². The van der Waals surface area contributed by atoms with Gasteiger partial charge in [0.1, 0.15) is 11.3 Å². The molecular formula is C19H24N2O6. The minimum atomic E-state index is -0.637. The highest BCUT2D eigenvalue weighted by molar-refractivity contribution is 5.96. The van der Waals surface area contributed by atoms with Gasteiger partial charge in [-0.05, 0) is 39.3 Å². The largest absolute Gasteiger partial charge is 0.490 e. The quantitative estimate of drug-likeness (QED) is 0.671. The van der Waals surface area contributed by atoms with Crippen LogP contribution in [0, 0.1) is 6.92 Å². The highest BCUT2D eigenvalue weighted by Crippen LogP contribution is 2.30. The molecule has 1 heterocycles. The minimum Gasteiger partial charge on any atom is -0.490 e. The van der Waals surface area contributed by atoms with Crippen LogP contribution in [0.1, 0.15) is 42.6 Å². The van der Waals surface area contributed by atoms with Crippen LogP contribution >= 0.6 is 0 Å². The van der Waals surface area contributed by atoms with Crippen molar-refractivity contribution in [2.45, 2.75) is 34.1 Å². The van der Waals surface area contributed by atoms with Crippen LogP contribution in [0.25, 0.3) is 0 Å². The van der Waals surface area contributed by atoms with Gasteiger partial charge in [0, 0.05) is 11.8 Å². The Hall–Kier alpha value is -3.03. The van der Waals surface area contributed by atoms with Crippen LogP contribution in [-0.2, 0) is 16.0 Å². The lowest BCUT2D eigenvalue weighted by atomic mass is 10.1. The zero-order valence-corrected chi connectivity index (χ0v) is 16.0. The number of amides is 1. The van der Waals surface area contributed by atoms with Gasteiger partial charge in [-0.1, -0.05) is 12.1 Å². The van der Waals surface area contributed by atoms with Gasteiger partial charge in [0.2, 0.25) is 0 Å². The molecule has 0 spiro atoms. The van der Waals surface area contributed by atoms with Crippen molar-refractivity contribution in [1.82, 2.24) is 5.16 Å². The van der Waals surface area contributed by atoms with E-state index in [0.717, 1.165) is 0 Å². The van der Waals surface area contributed by atoms with E-state index in [1.807, 2.05) is 20.8 Å². The van der Waals surface area contributed by atoms with Crippen molar-refractivity contribution in [3.63, 3.8) is 0 Å². The number of hydrogen-bond donors (Lipinski definition) is 1. The lowest BCUT2D eigenvalue weighted by Gasteiger charge is -2.13. The fourth-order valence-corrected chi connectivity index (χ4v) is 2.45. The highest BCUT2D eigenvalue weighted by atomic mass is 16.5. The third-order valence-corrected chi connectivity index (χ3v) is 3.63. The number of aryl methyl sites for hydroxylation is 2. The topological polar surface area (TPSA) is 99.9 Å². The predicted octanol–water partition coefficient (Wildman–Crippen LogP) is 3.14. The normalized spacial score (nSPS) is 10.4. The summed E-state index contributed by atoms with van der Waals surface area (Å²) in [6, 6.07) is 5.06. The lowest BCUT2D eigenvalue weighted by Crippen LogP contribution is -2.21. The molecule has 1 aromatic heterocycles. The number of carbonyl (C=O) groups is 2. The maximum atomic E-state index is 12.2. The van der Waals surface area contributed by atoms with Crippen molar-refractivity contribution < 1.29 is 28.3 Å². The first kappa shape index (κ1) is 20.3. The van der Waals surface area contributed by atoms with E-state index in [2.05, 4.69) is 10.5 Å². The number of hydrogen-bond acceptors (Lipinski definition) is 7. The van der Waals surface area contributed by atoms with Crippen LogP contribution in [0.2, 0.25) is 0 Å². The SMILES string of the molecule is CCOc1ccc(NC(=O)COC(=O)c2c(CC)noc2C)cc1OCC. The molecule has 0 aliphatic rings. The van der Waals surface area contributed by atoms with Crippen molar-refractivity contribution in [2.75, 3.05) is 25.1 Å². The average Bonchev–Trinajstić information content (AvgIpc) is 3.03. The van der Waals surface area contributed by atoms with Crippen LogP contribution in [-0.4, -0.2) is 36.9 Å². The molecule has 0 bridgehead atoms. The summed E-state index contributed by atoms with van der Waals surface area (Å²) in [5.74, 6) is 0.385. The summed E-state index contributed by atoms with van der Waals surface area (Å²) in [5.41, 5.74) is 1.29. The standard InChI is InChI=1S/C19H24N2O6/c1-5-14-18(12(4)27-21-14)19(23)26-11-17(22)20-13-8-9-15(24-6-2)16(10-13)25-7-3/h8-10H,5-7,11H2,1-4H3,(H,20,22). The highest BCUT2D eigenvalue weighted by Gasteiger charge is 2.21. The third-order valence-electron chi connectivity index (χ3n) is 3.63. The zero-order valence-electron chi connectivity index (χ0n) is 16.0. The average molecular weight is 376 g/mol. The Labute approximate surface area is 157 Å². The van der Waals surface area contributed by atoms with Crippen molar-refractivity contribution in [1.29, 1.82) is 0 Å². The summed E-state index contributed by atoms with van der Waals surface area (Å²) in [4.78, 5) is 24.3. The van der Waals surface area contributed by atoms with Crippen molar-refractivity contribution in [2.24, 2.45) is 0 Å². The van der Waals surface area contributed by atoms with Gasteiger partial charge in [-0.25, -0.2) is 4.79 Å². The predicted molar refractivity (Wildman–Crippen MR) is 98.3 cm³/mol. The van der Waals surface area contributed by atoms with Gasteiger partial charge in [-0.2, -0.15) is 0 Å². The first-order valence-electron chi connectivity index (χ1n) is 8.81. The molecule has 1 amide bonds. The molecule has 27 heavy (non-hydrogen) atoms. The Morgan fingerprint density at radius 3 is 2.48 bits per heavy atom. The minimum absolute atomic E-state index is 0.269. The summed E-state index contributed by atoms with van der Waals surface area (Å²) < 4.78 is 21.1. The molecule has 0 unspecified atom stereocenters. The van der Waals surface area contributed by atoms with Gasteiger partial charge in [0.05, 0.1) is 18.9 Å². The number of anilines is 1. The van der Waals surface area contributed by atoms with Crippen LogP contribution in [0.4, 0.5) is 5.69 Å². The zero-order chi connectivity index (χ0) is 19.8. The van der Waals surface area contributed by atoms with Gasteiger partial charge >= 0.3 is 5.97 Å². The second kappa shape index (κ2) is 9.61. The van der Waals surface area contributed by atoms with E-state index in [9.17, 15) is 9.59 Å². The van der Waals surface area contributed by atoms with Gasteiger partial charge in [-0.3, -0.25) is 4.79 Å². The molecule has 2 aromatic rings. The van der Waals surface area contributed by atoms with Crippen LogP contribution < -0.4 is 14.8 Å². The van der Waals surface area contributed by atoms with Crippen molar-refractivity contribution in [3.8, 4) is 11.5 Å². The molecule has 0 aliphatic carbocycles. The lowest BCUT2D eigenvalue weighted by molar-refractivity contribution is -0.119. The molecule has 8 nitrogen and oxygen atoms in total. The molecule has 1 aromatic carbocycles. The Morgan fingerprint density at radius 1 is 1.11 bits per heavy atom. The molecule has 0 saturated carbocycles. The van der Waals surface area contributed by atoms with E-state index < -0.39 is 18.5 Å². The Morgan fingerprint density at radius 2 is 1.81 bits per heavy atom. The number of aromatic nitrogens is 1. The molecule has 146 valence electrons. The molecular weight excluding hydrogens is 352 g/mol. The summed E-state index contributed by atoms with van der Waals surface area (Å²) >= 11 is 0. The summed E-state index contributed by atoms with van der Waals surface area (Å²) in [5, 5.41) is 6.46. The molecule has 0 atom stereocenters. The van der Waals surface area contributed by atoms with Crippen molar-refractivity contribution in [3.05, 3.63) is 35.2 Å².